The Kier molecular flexibility index (Phi) is 4.73. The van der Waals surface area contributed by atoms with E-state index in [0.29, 0.717) is 24.7 Å². The molecule has 0 aliphatic carbocycles. The van der Waals surface area contributed by atoms with Gasteiger partial charge in [-0.25, -0.2) is 0 Å². The van der Waals surface area contributed by atoms with Crippen LogP contribution in [0.4, 0.5) is 0 Å². The maximum atomic E-state index is 12.5. The van der Waals surface area contributed by atoms with E-state index in [4.69, 9.17) is 9.05 Å². The molecular formula is C16H22N4O3. The van der Waals surface area contributed by atoms with Gasteiger partial charge >= 0.3 is 0 Å². The van der Waals surface area contributed by atoms with Gasteiger partial charge in [0.15, 0.2) is 5.82 Å². The van der Waals surface area contributed by atoms with Crippen molar-refractivity contribution in [2.45, 2.75) is 51.9 Å². The molecule has 1 fully saturated rings. The van der Waals surface area contributed by atoms with Crippen LogP contribution in [0.15, 0.2) is 15.1 Å². The molecule has 0 radical (unpaired) electrons. The lowest BCUT2D eigenvalue weighted by Gasteiger charge is -2.30. The molecule has 7 heteroatoms. The van der Waals surface area contributed by atoms with Crippen LogP contribution in [0.1, 0.15) is 66.5 Å². The summed E-state index contributed by atoms with van der Waals surface area (Å²) in [5, 5.41) is 7.82. The lowest BCUT2D eigenvalue weighted by atomic mass is 9.97. The van der Waals surface area contributed by atoms with Crippen LogP contribution >= 0.6 is 0 Å². The fourth-order valence-corrected chi connectivity index (χ4v) is 2.85. The van der Waals surface area contributed by atoms with Gasteiger partial charge in [-0.05, 0) is 26.2 Å². The molecule has 1 aliphatic rings. The number of aromatic nitrogens is 3. The molecule has 1 atom stereocenters. The van der Waals surface area contributed by atoms with Crippen molar-refractivity contribution >= 4 is 5.91 Å². The van der Waals surface area contributed by atoms with Gasteiger partial charge in [0.1, 0.15) is 0 Å². The molecule has 0 saturated carbocycles. The van der Waals surface area contributed by atoms with Crippen LogP contribution in [0.3, 0.4) is 0 Å². The molecule has 2 aromatic rings. The van der Waals surface area contributed by atoms with E-state index in [0.717, 1.165) is 37.9 Å². The second-order valence-electron chi connectivity index (χ2n) is 6.08. The number of likely N-dealkylation sites (tertiary alicyclic amines) is 1. The second-order valence-corrected chi connectivity index (χ2v) is 6.08. The quantitative estimate of drug-likeness (QED) is 0.842. The van der Waals surface area contributed by atoms with Crippen LogP contribution in [0, 0.1) is 6.92 Å². The average molecular weight is 318 g/mol. The van der Waals surface area contributed by atoms with Crippen molar-refractivity contribution in [2.75, 3.05) is 13.1 Å². The van der Waals surface area contributed by atoms with E-state index in [2.05, 4.69) is 22.2 Å². The highest BCUT2D eigenvalue weighted by atomic mass is 16.5. The molecule has 0 spiro atoms. The predicted octanol–water partition coefficient (Wildman–Crippen LogP) is 2.73. The number of piperidine rings is 1. The molecule has 124 valence electrons. The summed E-state index contributed by atoms with van der Waals surface area (Å²) in [6, 6.07) is 1.67. The summed E-state index contributed by atoms with van der Waals surface area (Å²) in [6.07, 6.45) is 4.86. The standard InChI is InChI=1S/C16H22N4O3/c1-3-4-7-14-17-15(23-19-14)12-6-5-8-20(10-12)16(21)13-9-11(2)18-22-13/h9,12H,3-8,10H2,1-2H3/t12-/m1/s1. The number of nitrogens with zero attached hydrogens (tertiary/aromatic N) is 4. The van der Waals surface area contributed by atoms with Crippen molar-refractivity contribution < 1.29 is 13.8 Å². The minimum absolute atomic E-state index is 0.0968. The van der Waals surface area contributed by atoms with Gasteiger partial charge in [0.05, 0.1) is 11.6 Å². The number of unbranched alkanes of at least 4 members (excludes halogenated alkanes) is 1. The summed E-state index contributed by atoms with van der Waals surface area (Å²) in [5.74, 6) is 1.66. The van der Waals surface area contributed by atoms with Crippen molar-refractivity contribution in [1.29, 1.82) is 0 Å². The van der Waals surface area contributed by atoms with E-state index in [9.17, 15) is 4.79 Å². The predicted molar refractivity (Wildman–Crippen MR) is 82.0 cm³/mol. The lowest BCUT2D eigenvalue weighted by molar-refractivity contribution is 0.0654. The molecule has 0 unspecified atom stereocenters. The zero-order chi connectivity index (χ0) is 16.2. The Bertz CT molecular complexity index is 664. The fraction of sp³-hybridized carbons (Fsp3) is 0.625. The van der Waals surface area contributed by atoms with E-state index in [1.165, 1.54) is 0 Å². The van der Waals surface area contributed by atoms with E-state index >= 15 is 0 Å². The first kappa shape index (κ1) is 15.7. The topological polar surface area (TPSA) is 85.3 Å². The van der Waals surface area contributed by atoms with Gasteiger partial charge < -0.3 is 13.9 Å². The Morgan fingerprint density at radius 1 is 1.39 bits per heavy atom. The Balaban J connectivity index is 1.66. The second kappa shape index (κ2) is 6.93. The molecule has 0 N–H and O–H groups in total. The van der Waals surface area contributed by atoms with E-state index in [1.807, 2.05) is 0 Å². The molecule has 0 bridgehead atoms. The SMILES string of the molecule is CCCCc1noc([C@@H]2CCCN(C(=O)c3cc(C)no3)C2)n1. The zero-order valence-electron chi connectivity index (χ0n) is 13.6. The third-order valence-corrected chi connectivity index (χ3v) is 4.13. The van der Waals surface area contributed by atoms with Crippen molar-refractivity contribution in [2.24, 2.45) is 0 Å². The number of carbonyl (C=O) groups is 1. The molecule has 1 amide bonds. The highest BCUT2D eigenvalue weighted by molar-refractivity contribution is 5.91. The third-order valence-electron chi connectivity index (χ3n) is 4.13. The number of aryl methyl sites for hydroxylation is 2. The maximum Gasteiger partial charge on any atom is 0.292 e. The van der Waals surface area contributed by atoms with E-state index < -0.39 is 0 Å². The number of hydrogen-bond donors (Lipinski definition) is 0. The molecule has 0 aromatic carbocycles. The van der Waals surface area contributed by atoms with Crippen molar-refractivity contribution in [3.8, 4) is 0 Å². The summed E-state index contributed by atoms with van der Waals surface area (Å²) >= 11 is 0. The molecule has 1 saturated heterocycles. The lowest BCUT2D eigenvalue weighted by Crippen LogP contribution is -2.39. The van der Waals surface area contributed by atoms with Crippen LogP contribution in [0.5, 0.6) is 0 Å². The van der Waals surface area contributed by atoms with Crippen LogP contribution in [0.2, 0.25) is 0 Å². The maximum absolute atomic E-state index is 12.5. The highest BCUT2D eigenvalue weighted by Crippen LogP contribution is 2.27. The first-order valence-corrected chi connectivity index (χ1v) is 8.22. The minimum atomic E-state index is -0.124. The molecule has 7 nitrogen and oxygen atoms in total. The summed E-state index contributed by atoms with van der Waals surface area (Å²) < 4.78 is 10.5. The Labute approximate surface area is 135 Å². The molecule has 1 aliphatic heterocycles. The van der Waals surface area contributed by atoms with Gasteiger partial charge in [-0.2, -0.15) is 4.98 Å². The summed E-state index contributed by atoms with van der Waals surface area (Å²) in [6.45, 7) is 5.23. The van der Waals surface area contributed by atoms with Crippen molar-refractivity contribution in [3.05, 3.63) is 29.2 Å². The van der Waals surface area contributed by atoms with Gasteiger partial charge in [0.25, 0.3) is 5.91 Å². The van der Waals surface area contributed by atoms with Crippen LogP contribution in [0.25, 0.3) is 0 Å². The van der Waals surface area contributed by atoms with Gasteiger partial charge in [-0.15, -0.1) is 0 Å². The number of carbonyl (C=O) groups excluding carboxylic acids is 1. The summed E-state index contributed by atoms with van der Waals surface area (Å²) in [4.78, 5) is 18.7. The van der Waals surface area contributed by atoms with Gasteiger partial charge in [0.2, 0.25) is 11.7 Å². The molecule has 3 heterocycles. The Morgan fingerprint density at radius 3 is 3.00 bits per heavy atom. The normalized spacial score (nSPS) is 18.3. The van der Waals surface area contributed by atoms with Crippen LogP contribution in [-0.2, 0) is 6.42 Å². The Hall–Kier alpha value is -2.18. The highest BCUT2D eigenvalue weighted by Gasteiger charge is 2.30. The molecular weight excluding hydrogens is 296 g/mol. The van der Waals surface area contributed by atoms with E-state index in [1.54, 1.807) is 17.9 Å². The monoisotopic (exact) mass is 318 g/mol. The molecule has 2 aromatic heterocycles. The van der Waals surface area contributed by atoms with Gasteiger partial charge in [0, 0.05) is 25.6 Å². The largest absolute Gasteiger partial charge is 0.351 e. The Morgan fingerprint density at radius 2 is 2.26 bits per heavy atom. The van der Waals surface area contributed by atoms with Crippen LogP contribution < -0.4 is 0 Å². The zero-order valence-corrected chi connectivity index (χ0v) is 13.6. The average Bonchev–Trinajstić information content (AvgIpc) is 3.21. The van der Waals surface area contributed by atoms with Gasteiger partial charge in [-0.3, -0.25) is 4.79 Å². The summed E-state index contributed by atoms with van der Waals surface area (Å²) in [5.41, 5.74) is 0.708. The number of amides is 1. The smallest absolute Gasteiger partial charge is 0.292 e. The molecule has 3 rings (SSSR count). The first-order valence-electron chi connectivity index (χ1n) is 8.22. The fourth-order valence-electron chi connectivity index (χ4n) is 2.85. The first-order chi connectivity index (χ1) is 11.2. The van der Waals surface area contributed by atoms with Gasteiger partial charge in [-0.1, -0.05) is 23.7 Å². The number of rotatable bonds is 5. The molecule has 23 heavy (non-hydrogen) atoms. The summed E-state index contributed by atoms with van der Waals surface area (Å²) in [7, 11) is 0. The van der Waals surface area contributed by atoms with Crippen LogP contribution in [-0.4, -0.2) is 39.2 Å². The van der Waals surface area contributed by atoms with Crippen molar-refractivity contribution in [1.82, 2.24) is 20.2 Å². The number of hydrogen-bond acceptors (Lipinski definition) is 6. The van der Waals surface area contributed by atoms with Crippen molar-refractivity contribution in [3.63, 3.8) is 0 Å². The minimum Gasteiger partial charge on any atom is -0.351 e. The van der Waals surface area contributed by atoms with E-state index in [-0.39, 0.29) is 17.6 Å². The third kappa shape index (κ3) is 3.60.